The lowest BCUT2D eigenvalue weighted by Crippen LogP contribution is -2.29. The quantitative estimate of drug-likeness (QED) is 0.733. The predicted octanol–water partition coefficient (Wildman–Crippen LogP) is 3.40. The second-order valence-electron chi connectivity index (χ2n) is 5.27. The highest BCUT2D eigenvalue weighted by Gasteiger charge is 2.04. The van der Waals surface area contributed by atoms with E-state index in [1.54, 1.807) is 17.1 Å². The van der Waals surface area contributed by atoms with Gasteiger partial charge in [-0.2, -0.15) is 5.10 Å². The van der Waals surface area contributed by atoms with Gasteiger partial charge in [0.05, 0.1) is 18.1 Å². The molecule has 1 aromatic heterocycles. The van der Waals surface area contributed by atoms with Crippen molar-refractivity contribution < 1.29 is 9.53 Å². The van der Waals surface area contributed by atoms with Crippen LogP contribution in [-0.2, 0) is 13.2 Å². The minimum Gasteiger partial charge on any atom is -0.471 e. The van der Waals surface area contributed by atoms with Crippen molar-refractivity contribution in [3.63, 3.8) is 0 Å². The summed E-state index contributed by atoms with van der Waals surface area (Å²) in [5.74, 6) is 0.796. The minimum atomic E-state index is -0.214. The van der Waals surface area contributed by atoms with Crippen LogP contribution >= 0.6 is 0 Å². The molecule has 2 rings (SSSR count). The summed E-state index contributed by atoms with van der Waals surface area (Å²) >= 11 is 0. The number of anilines is 1. The van der Waals surface area contributed by atoms with Crippen LogP contribution in [-0.4, -0.2) is 22.4 Å². The minimum absolute atomic E-state index is 0.214. The first kappa shape index (κ1) is 16.9. The summed E-state index contributed by atoms with van der Waals surface area (Å²) in [5.41, 5.74) is 1.92. The van der Waals surface area contributed by atoms with Gasteiger partial charge in [-0.15, -0.1) is 0 Å². The number of unbranched alkanes of at least 4 members (excludes halogenated alkanes) is 1. The molecule has 6 heteroatoms. The van der Waals surface area contributed by atoms with Crippen molar-refractivity contribution in [2.45, 2.75) is 39.8 Å². The second-order valence-corrected chi connectivity index (χ2v) is 5.27. The molecule has 0 bridgehead atoms. The highest BCUT2D eigenvalue weighted by atomic mass is 16.5. The van der Waals surface area contributed by atoms with E-state index in [9.17, 15) is 4.79 Å². The molecule has 0 radical (unpaired) electrons. The lowest BCUT2D eigenvalue weighted by Gasteiger charge is -2.07. The van der Waals surface area contributed by atoms with Crippen molar-refractivity contribution in [2.24, 2.45) is 0 Å². The fourth-order valence-electron chi connectivity index (χ4n) is 2.01. The molecular weight excluding hydrogens is 292 g/mol. The molecule has 0 saturated heterocycles. The van der Waals surface area contributed by atoms with Crippen LogP contribution in [0.2, 0.25) is 0 Å². The zero-order chi connectivity index (χ0) is 16.5. The van der Waals surface area contributed by atoms with Crippen LogP contribution < -0.4 is 15.4 Å². The van der Waals surface area contributed by atoms with E-state index in [0.717, 1.165) is 25.0 Å². The third-order valence-electron chi connectivity index (χ3n) is 3.40. The van der Waals surface area contributed by atoms with E-state index in [4.69, 9.17) is 4.74 Å². The number of rotatable bonds is 8. The Kier molecular flexibility index (Phi) is 6.47. The van der Waals surface area contributed by atoms with E-state index in [0.29, 0.717) is 19.0 Å². The molecule has 0 aliphatic carbocycles. The van der Waals surface area contributed by atoms with Gasteiger partial charge in [-0.05, 0) is 30.5 Å². The van der Waals surface area contributed by atoms with Gasteiger partial charge in [-0.25, -0.2) is 9.48 Å². The second kappa shape index (κ2) is 8.82. The molecule has 23 heavy (non-hydrogen) atoms. The zero-order valence-electron chi connectivity index (χ0n) is 13.7. The molecule has 0 aliphatic rings. The molecule has 2 aromatic rings. The number of hydrogen-bond acceptors (Lipinski definition) is 3. The summed E-state index contributed by atoms with van der Waals surface area (Å²) in [5, 5.41) is 9.70. The van der Waals surface area contributed by atoms with Gasteiger partial charge in [0, 0.05) is 6.54 Å². The number of carbonyl (C=O) groups is 1. The summed E-state index contributed by atoms with van der Waals surface area (Å²) in [6.07, 6.45) is 6.36. The molecule has 1 aromatic carbocycles. The van der Waals surface area contributed by atoms with Gasteiger partial charge in [0.15, 0.2) is 6.73 Å². The lowest BCUT2D eigenvalue weighted by molar-refractivity contribution is 0.221. The fraction of sp³-hybridized carbons (Fsp3) is 0.412. The largest absolute Gasteiger partial charge is 0.471 e. The predicted molar refractivity (Wildman–Crippen MR) is 90.6 cm³/mol. The Morgan fingerprint density at radius 3 is 2.74 bits per heavy atom. The standard InChI is InChI=1S/C17H24N4O2/c1-3-5-10-18-17(22)20-15-11-19-21(12-15)13-23-16-8-6-14(4-2)7-9-16/h6-9,11-12H,3-5,10,13H2,1-2H3,(H2,18,20,22). The Hall–Kier alpha value is -2.50. The fourth-order valence-corrected chi connectivity index (χ4v) is 2.01. The highest BCUT2D eigenvalue weighted by molar-refractivity contribution is 5.88. The number of aryl methyl sites for hydroxylation is 1. The Morgan fingerprint density at radius 2 is 2.04 bits per heavy atom. The average Bonchev–Trinajstić information content (AvgIpc) is 3.01. The molecular formula is C17H24N4O2. The number of aromatic nitrogens is 2. The van der Waals surface area contributed by atoms with Crippen LogP contribution in [0.4, 0.5) is 10.5 Å². The summed E-state index contributed by atoms with van der Waals surface area (Å²) < 4.78 is 7.30. The van der Waals surface area contributed by atoms with Gasteiger partial charge in [-0.1, -0.05) is 32.4 Å². The van der Waals surface area contributed by atoms with E-state index in [1.165, 1.54) is 5.56 Å². The van der Waals surface area contributed by atoms with Crippen LogP contribution in [0.3, 0.4) is 0 Å². The highest BCUT2D eigenvalue weighted by Crippen LogP contribution is 2.13. The van der Waals surface area contributed by atoms with Crippen LogP contribution in [0.1, 0.15) is 32.3 Å². The number of nitrogens with zero attached hydrogens (tertiary/aromatic N) is 2. The van der Waals surface area contributed by atoms with Crippen molar-refractivity contribution in [3.8, 4) is 5.75 Å². The Labute approximate surface area is 136 Å². The number of hydrogen-bond donors (Lipinski definition) is 2. The molecule has 0 fully saturated rings. The molecule has 0 unspecified atom stereocenters. The number of urea groups is 1. The number of nitrogens with one attached hydrogen (secondary N) is 2. The molecule has 6 nitrogen and oxygen atoms in total. The SMILES string of the molecule is CCCCNC(=O)Nc1cnn(COc2ccc(CC)cc2)c1. The van der Waals surface area contributed by atoms with E-state index >= 15 is 0 Å². The summed E-state index contributed by atoms with van der Waals surface area (Å²) in [4.78, 5) is 11.6. The van der Waals surface area contributed by atoms with Crippen molar-refractivity contribution in [1.82, 2.24) is 15.1 Å². The van der Waals surface area contributed by atoms with E-state index < -0.39 is 0 Å². The summed E-state index contributed by atoms with van der Waals surface area (Å²) in [7, 11) is 0. The number of carbonyl (C=O) groups excluding carboxylic acids is 1. The average molecular weight is 316 g/mol. The number of ether oxygens (including phenoxy) is 1. The summed E-state index contributed by atoms with van der Waals surface area (Å²) in [6, 6.07) is 7.78. The molecule has 124 valence electrons. The topological polar surface area (TPSA) is 68.2 Å². The number of amides is 2. The van der Waals surface area contributed by atoms with Crippen molar-refractivity contribution in [2.75, 3.05) is 11.9 Å². The summed E-state index contributed by atoms with van der Waals surface area (Å²) in [6.45, 7) is 5.17. The molecule has 0 spiro atoms. The Morgan fingerprint density at radius 1 is 1.26 bits per heavy atom. The molecule has 1 heterocycles. The number of benzene rings is 1. The first-order valence-corrected chi connectivity index (χ1v) is 8.00. The van der Waals surface area contributed by atoms with E-state index in [2.05, 4.69) is 29.6 Å². The Balaban J connectivity index is 1.78. The maximum atomic E-state index is 11.6. The molecule has 0 atom stereocenters. The monoisotopic (exact) mass is 316 g/mol. The van der Waals surface area contributed by atoms with Crippen LogP contribution in [0, 0.1) is 0 Å². The third-order valence-corrected chi connectivity index (χ3v) is 3.40. The van der Waals surface area contributed by atoms with Crippen molar-refractivity contribution in [1.29, 1.82) is 0 Å². The van der Waals surface area contributed by atoms with Gasteiger partial charge in [-0.3, -0.25) is 0 Å². The van der Waals surface area contributed by atoms with Crippen molar-refractivity contribution in [3.05, 3.63) is 42.2 Å². The smallest absolute Gasteiger partial charge is 0.319 e. The van der Waals surface area contributed by atoms with Gasteiger partial charge >= 0.3 is 6.03 Å². The van der Waals surface area contributed by atoms with Gasteiger partial charge in [0.2, 0.25) is 0 Å². The molecule has 0 aliphatic heterocycles. The zero-order valence-corrected chi connectivity index (χ0v) is 13.7. The normalized spacial score (nSPS) is 10.3. The first-order valence-electron chi connectivity index (χ1n) is 8.00. The molecule has 2 N–H and O–H groups in total. The maximum absolute atomic E-state index is 11.6. The first-order chi connectivity index (χ1) is 11.2. The van der Waals surface area contributed by atoms with Crippen LogP contribution in [0.5, 0.6) is 5.75 Å². The van der Waals surface area contributed by atoms with Crippen LogP contribution in [0.25, 0.3) is 0 Å². The van der Waals surface area contributed by atoms with Gasteiger partial charge in [0.25, 0.3) is 0 Å². The molecule has 0 saturated carbocycles. The maximum Gasteiger partial charge on any atom is 0.319 e. The molecule has 2 amide bonds. The van der Waals surface area contributed by atoms with Crippen molar-refractivity contribution >= 4 is 11.7 Å². The van der Waals surface area contributed by atoms with E-state index in [1.807, 2.05) is 24.3 Å². The Bertz CT molecular complexity index is 607. The van der Waals surface area contributed by atoms with Crippen LogP contribution in [0.15, 0.2) is 36.7 Å². The lowest BCUT2D eigenvalue weighted by atomic mass is 10.2. The van der Waals surface area contributed by atoms with Gasteiger partial charge in [0.1, 0.15) is 5.75 Å². The third kappa shape index (κ3) is 5.65. The van der Waals surface area contributed by atoms with Gasteiger partial charge < -0.3 is 15.4 Å². The van der Waals surface area contributed by atoms with E-state index in [-0.39, 0.29) is 6.03 Å².